The van der Waals surface area contributed by atoms with Gasteiger partial charge in [-0.05, 0) is 19.1 Å². The molecule has 1 aromatic carbocycles. The highest BCUT2D eigenvalue weighted by Gasteiger charge is 2.43. The van der Waals surface area contributed by atoms with Crippen LogP contribution in [0.1, 0.15) is 10.7 Å². The number of alkyl halides is 2. The van der Waals surface area contributed by atoms with Crippen LogP contribution in [0.3, 0.4) is 0 Å². The molecule has 3 rings (SSSR count). The zero-order valence-electron chi connectivity index (χ0n) is 13.0. The topological polar surface area (TPSA) is 89.6 Å². The lowest BCUT2D eigenvalue weighted by Crippen LogP contribution is -2.36. The Labute approximate surface area is 145 Å². The van der Waals surface area contributed by atoms with Crippen LogP contribution in [0.5, 0.6) is 11.5 Å². The minimum atomic E-state index is -3.74. The summed E-state index contributed by atoms with van der Waals surface area (Å²) in [6.45, 7) is 2.12. The second-order valence-corrected chi connectivity index (χ2v) is 6.11. The Morgan fingerprint density at radius 3 is 2.72 bits per heavy atom. The summed E-state index contributed by atoms with van der Waals surface area (Å²) in [5, 5.41) is 7.52. The van der Waals surface area contributed by atoms with E-state index in [-0.39, 0.29) is 23.7 Å². The number of rotatable bonds is 4. The molecule has 2 amide bonds. The zero-order chi connectivity index (χ0) is 18.0. The van der Waals surface area contributed by atoms with Crippen LogP contribution in [-0.2, 0) is 16.0 Å². The Bertz CT molecular complexity index is 825. The molecule has 0 fully saturated rings. The number of carbonyl (C=O) groups excluding carboxylic acids is 2. The lowest BCUT2D eigenvalue weighted by molar-refractivity contribution is -0.286. The van der Waals surface area contributed by atoms with Crippen LogP contribution in [0.25, 0.3) is 0 Å². The first-order valence-corrected chi connectivity index (χ1v) is 8.10. The molecule has 0 radical (unpaired) electrons. The Hall–Kier alpha value is -2.75. The van der Waals surface area contributed by atoms with Gasteiger partial charge in [0.15, 0.2) is 11.5 Å². The largest absolute Gasteiger partial charge is 0.586 e. The number of benzene rings is 1. The van der Waals surface area contributed by atoms with Crippen molar-refractivity contribution in [3.8, 4) is 11.5 Å². The normalized spacial score (nSPS) is 14.2. The van der Waals surface area contributed by atoms with E-state index in [1.807, 2.05) is 12.3 Å². The van der Waals surface area contributed by atoms with Crippen molar-refractivity contribution in [3.63, 3.8) is 0 Å². The number of hydrogen-bond donors (Lipinski definition) is 2. The molecular formula is C15H13F2N3O4S. The van der Waals surface area contributed by atoms with E-state index in [0.29, 0.717) is 6.42 Å². The zero-order valence-corrected chi connectivity index (χ0v) is 13.8. The summed E-state index contributed by atoms with van der Waals surface area (Å²) < 4.78 is 34.4. The smallest absolute Gasteiger partial charge is 0.395 e. The molecule has 0 spiro atoms. The van der Waals surface area contributed by atoms with Gasteiger partial charge in [0.1, 0.15) is 0 Å². The molecule has 25 heavy (non-hydrogen) atoms. The third kappa shape index (κ3) is 4.21. The van der Waals surface area contributed by atoms with Gasteiger partial charge in [0, 0.05) is 35.8 Å². The van der Waals surface area contributed by atoms with Gasteiger partial charge in [-0.1, -0.05) is 0 Å². The third-order valence-corrected chi connectivity index (χ3v) is 4.18. The number of halogens is 2. The maximum Gasteiger partial charge on any atom is 0.586 e. The molecule has 1 aliphatic heterocycles. The predicted octanol–water partition coefficient (Wildman–Crippen LogP) is 2.07. The third-order valence-electron chi connectivity index (χ3n) is 3.16. The summed E-state index contributed by atoms with van der Waals surface area (Å²) in [6, 6.07) is 3.70. The minimum absolute atomic E-state index is 0.135. The first-order valence-electron chi connectivity index (χ1n) is 7.22. The molecule has 1 aromatic heterocycles. The molecule has 0 saturated heterocycles. The monoisotopic (exact) mass is 369 g/mol. The number of aromatic nitrogens is 1. The summed E-state index contributed by atoms with van der Waals surface area (Å²) in [6.07, 6.45) is -3.23. The van der Waals surface area contributed by atoms with E-state index in [4.69, 9.17) is 0 Å². The molecule has 10 heteroatoms. The number of ether oxygens (including phenoxy) is 2. The number of carbonyl (C=O) groups is 2. The van der Waals surface area contributed by atoms with Crippen LogP contribution in [0.2, 0.25) is 0 Å². The molecule has 0 bridgehead atoms. The van der Waals surface area contributed by atoms with Crippen LogP contribution in [0.15, 0.2) is 23.6 Å². The van der Waals surface area contributed by atoms with Crippen molar-refractivity contribution in [2.75, 3.05) is 11.9 Å². The van der Waals surface area contributed by atoms with Gasteiger partial charge in [0.25, 0.3) is 0 Å². The van der Waals surface area contributed by atoms with Crippen molar-refractivity contribution in [1.29, 1.82) is 0 Å². The van der Waals surface area contributed by atoms with Gasteiger partial charge in [-0.2, -0.15) is 0 Å². The molecule has 2 N–H and O–H groups in total. The highest BCUT2D eigenvalue weighted by atomic mass is 32.1. The van der Waals surface area contributed by atoms with Crippen LogP contribution >= 0.6 is 11.3 Å². The average Bonchev–Trinajstić information content (AvgIpc) is 3.07. The van der Waals surface area contributed by atoms with Crippen molar-refractivity contribution in [1.82, 2.24) is 10.3 Å². The number of amides is 2. The van der Waals surface area contributed by atoms with Crippen molar-refractivity contribution >= 4 is 28.8 Å². The van der Waals surface area contributed by atoms with Crippen LogP contribution in [0, 0.1) is 6.92 Å². The summed E-state index contributed by atoms with van der Waals surface area (Å²) in [5.41, 5.74) is 1.04. The van der Waals surface area contributed by atoms with Crippen molar-refractivity contribution < 1.29 is 27.8 Å². The molecule has 0 atom stereocenters. The van der Waals surface area contributed by atoms with E-state index in [0.717, 1.165) is 16.8 Å². The summed E-state index contributed by atoms with van der Waals surface area (Å²) >= 11 is 1.47. The molecule has 0 saturated carbocycles. The second-order valence-electron chi connectivity index (χ2n) is 5.17. The number of nitrogens with one attached hydrogen (secondary N) is 2. The van der Waals surface area contributed by atoms with Crippen LogP contribution < -0.4 is 20.1 Å². The maximum absolute atomic E-state index is 12.9. The Kier molecular flexibility index (Phi) is 4.53. The van der Waals surface area contributed by atoms with Gasteiger partial charge in [0.05, 0.1) is 5.01 Å². The minimum Gasteiger partial charge on any atom is -0.395 e. The fourth-order valence-corrected chi connectivity index (χ4v) is 2.87. The van der Waals surface area contributed by atoms with E-state index < -0.39 is 18.1 Å². The summed E-state index contributed by atoms with van der Waals surface area (Å²) in [5.74, 6) is -2.12. The number of anilines is 1. The second kappa shape index (κ2) is 6.63. The Balaban J connectivity index is 1.51. The maximum atomic E-state index is 12.9. The van der Waals surface area contributed by atoms with E-state index in [9.17, 15) is 18.4 Å². The summed E-state index contributed by atoms with van der Waals surface area (Å²) in [7, 11) is 0. The van der Waals surface area contributed by atoms with E-state index in [1.54, 1.807) is 0 Å². The van der Waals surface area contributed by atoms with E-state index in [2.05, 4.69) is 25.1 Å². The quantitative estimate of drug-likeness (QED) is 0.806. The molecule has 132 valence electrons. The molecular weight excluding hydrogens is 356 g/mol. The highest BCUT2D eigenvalue weighted by molar-refractivity contribution is 7.09. The lowest BCUT2D eigenvalue weighted by atomic mass is 10.2. The van der Waals surface area contributed by atoms with Gasteiger partial charge in [-0.3, -0.25) is 9.59 Å². The summed E-state index contributed by atoms with van der Waals surface area (Å²) in [4.78, 5) is 27.8. The molecule has 7 nitrogen and oxygen atoms in total. The Morgan fingerprint density at radius 1 is 1.24 bits per heavy atom. The number of hydrogen-bond acceptors (Lipinski definition) is 6. The van der Waals surface area contributed by atoms with E-state index >= 15 is 0 Å². The molecule has 1 aliphatic rings. The first kappa shape index (κ1) is 17.1. The predicted molar refractivity (Wildman–Crippen MR) is 84.8 cm³/mol. The number of fused-ring (bicyclic) bond motifs is 1. The van der Waals surface area contributed by atoms with Gasteiger partial charge >= 0.3 is 18.1 Å². The van der Waals surface area contributed by atoms with Crippen molar-refractivity contribution in [2.24, 2.45) is 0 Å². The number of nitrogens with zero attached hydrogens (tertiary/aromatic N) is 1. The van der Waals surface area contributed by atoms with E-state index in [1.165, 1.54) is 23.5 Å². The number of thiazole rings is 1. The fraction of sp³-hybridized carbons (Fsp3) is 0.267. The van der Waals surface area contributed by atoms with Gasteiger partial charge in [-0.25, -0.2) is 4.98 Å². The van der Waals surface area contributed by atoms with Gasteiger partial charge in [0.2, 0.25) is 0 Å². The van der Waals surface area contributed by atoms with Gasteiger partial charge in [-0.15, -0.1) is 20.1 Å². The SMILES string of the molecule is Cc1csc(CCNC(=O)C(=O)Nc2ccc3c(c2)OC(F)(F)O3)n1. The van der Waals surface area contributed by atoms with Gasteiger partial charge < -0.3 is 20.1 Å². The molecule has 0 unspecified atom stereocenters. The standard InChI is InChI=1S/C15H13F2N3O4S/c1-8-7-25-12(19-8)4-5-18-13(21)14(22)20-9-2-3-10-11(6-9)24-15(16,17)23-10/h2-3,6-7H,4-5H2,1H3,(H,18,21)(H,20,22). The van der Waals surface area contributed by atoms with Crippen molar-refractivity contribution in [2.45, 2.75) is 19.6 Å². The average molecular weight is 369 g/mol. The molecule has 0 aliphatic carbocycles. The number of aryl methyl sites for hydroxylation is 1. The van der Waals surface area contributed by atoms with Crippen molar-refractivity contribution in [3.05, 3.63) is 34.3 Å². The first-order chi connectivity index (χ1) is 11.8. The van der Waals surface area contributed by atoms with Crippen LogP contribution in [0.4, 0.5) is 14.5 Å². The molecule has 2 aromatic rings. The Morgan fingerprint density at radius 2 is 2.00 bits per heavy atom. The molecule has 2 heterocycles. The highest BCUT2D eigenvalue weighted by Crippen LogP contribution is 2.42. The lowest BCUT2D eigenvalue weighted by Gasteiger charge is -2.06. The van der Waals surface area contributed by atoms with Crippen LogP contribution in [-0.4, -0.2) is 29.6 Å². The fourth-order valence-electron chi connectivity index (χ4n) is 2.10.